The Labute approximate surface area is 188 Å². The Kier molecular flexibility index (Phi) is 7.34. The topological polar surface area (TPSA) is 114 Å². The Morgan fingerprint density at radius 1 is 1.15 bits per heavy atom. The van der Waals surface area contributed by atoms with Gasteiger partial charge < -0.3 is 14.8 Å². The number of hydrogen-bond acceptors (Lipinski definition) is 6. The quantitative estimate of drug-likeness (QED) is 0.228. The average molecular weight is 447 g/mol. The van der Waals surface area contributed by atoms with E-state index in [-0.39, 0.29) is 29.4 Å². The largest absolute Gasteiger partial charge is 0.493 e. The Balaban J connectivity index is 1.94. The fourth-order valence-electron chi connectivity index (χ4n) is 2.90. The van der Waals surface area contributed by atoms with Crippen molar-refractivity contribution in [1.82, 2.24) is 0 Å². The zero-order valence-electron chi connectivity index (χ0n) is 17.4. The number of rotatable bonds is 8. The molecule has 0 aromatic heterocycles. The van der Waals surface area contributed by atoms with E-state index in [0.717, 1.165) is 23.8 Å². The van der Waals surface area contributed by atoms with Crippen LogP contribution in [0.2, 0.25) is 0 Å². The molecule has 0 bridgehead atoms. The summed E-state index contributed by atoms with van der Waals surface area (Å²) in [4.78, 5) is 23.5. The van der Waals surface area contributed by atoms with Gasteiger partial charge in [0.2, 0.25) is 0 Å². The van der Waals surface area contributed by atoms with Crippen LogP contribution in [-0.2, 0) is 11.4 Å². The van der Waals surface area contributed by atoms with Crippen molar-refractivity contribution in [2.24, 2.45) is 0 Å². The second-order valence-corrected chi connectivity index (χ2v) is 6.70. The molecule has 0 atom stereocenters. The number of hydrogen-bond donors (Lipinski definition) is 1. The summed E-state index contributed by atoms with van der Waals surface area (Å²) in [5, 5.41) is 23.4. The minimum Gasteiger partial charge on any atom is -0.493 e. The molecular weight excluding hydrogens is 429 g/mol. The first-order chi connectivity index (χ1) is 15.9. The predicted octanol–water partition coefficient (Wildman–Crippen LogP) is 4.87. The van der Waals surface area contributed by atoms with Crippen molar-refractivity contribution in [2.45, 2.75) is 6.61 Å². The average Bonchev–Trinajstić information content (AvgIpc) is 2.83. The maximum absolute atomic E-state index is 13.8. The summed E-state index contributed by atoms with van der Waals surface area (Å²) >= 11 is 0. The van der Waals surface area contributed by atoms with E-state index >= 15 is 0 Å². The number of methoxy groups -OCH3 is 1. The number of nitro groups is 1. The van der Waals surface area contributed by atoms with Crippen LogP contribution >= 0.6 is 0 Å². The molecule has 3 rings (SSSR count). The number of benzene rings is 3. The summed E-state index contributed by atoms with van der Waals surface area (Å²) in [6.07, 6.45) is 1.04. The lowest BCUT2D eigenvalue weighted by molar-refractivity contribution is -0.385. The SMILES string of the molecule is COc1cc(/C=C(/C#N)C(=O)Nc2ccccc2F)c([N+](=O)[O-])cc1OCc1ccccc1. The van der Waals surface area contributed by atoms with Crippen molar-refractivity contribution in [3.05, 3.63) is 99.4 Å². The summed E-state index contributed by atoms with van der Waals surface area (Å²) in [6, 6.07) is 18.8. The van der Waals surface area contributed by atoms with Crippen molar-refractivity contribution >= 4 is 23.4 Å². The summed E-state index contributed by atoms with van der Waals surface area (Å²) in [5.74, 6) is -1.30. The molecule has 1 N–H and O–H groups in total. The van der Waals surface area contributed by atoms with Crippen LogP contribution in [0, 0.1) is 27.3 Å². The summed E-state index contributed by atoms with van der Waals surface area (Å²) in [6.45, 7) is 0.151. The predicted molar refractivity (Wildman–Crippen MR) is 119 cm³/mol. The van der Waals surface area contributed by atoms with Crippen LogP contribution in [0.5, 0.6) is 11.5 Å². The van der Waals surface area contributed by atoms with Gasteiger partial charge in [-0.15, -0.1) is 0 Å². The van der Waals surface area contributed by atoms with Gasteiger partial charge in [-0.1, -0.05) is 42.5 Å². The normalized spacial score (nSPS) is 10.8. The van der Waals surface area contributed by atoms with Crippen LogP contribution in [0.25, 0.3) is 6.08 Å². The number of para-hydroxylation sites is 1. The van der Waals surface area contributed by atoms with Crippen LogP contribution in [0.4, 0.5) is 15.8 Å². The molecule has 33 heavy (non-hydrogen) atoms. The first kappa shape index (κ1) is 23.0. The Hall–Kier alpha value is -4.71. The maximum atomic E-state index is 13.8. The minimum atomic E-state index is -0.916. The molecule has 0 aliphatic rings. The van der Waals surface area contributed by atoms with Gasteiger partial charge in [-0.25, -0.2) is 4.39 Å². The molecule has 3 aromatic carbocycles. The van der Waals surface area contributed by atoms with Gasteiger partial charge in [-0.3, -0.25) is 14.9 Å². The number of halogens is 1. The Bertz CT molecular complexity index is 1250. The fraction of sp³-hybridized carbons (Fsp3) is 0.0833. The zero-order valence-corrected chi connectivity index (χ0v) is 17.4. The molecule has 166 valence electrons. The highest BCUT2D eigenvalue weighted by Gasteiger charge is 2.21. The summed E-state index contributed by atoms with van der Waals surface area (Å²) in [5.41, 5.74) is -0.182. The number of amides is 1. The molecule has 0 unspecified atom stereocenters. The smallest absolute Gasteiger partial charge is 0.280 e. The zero-order chi connectivity index (χ0) is 23.8. The molecule has 9 heteroatoms. The highest BCUT2D eigenvalue weighted by atomic mass is 19.1. The molecule has 0 fully saturated rings. The van der Waals surface area contributed by atoms with Gasteiger partial charge in [-0.2, -0.15) is 5.26 Å². The number of carbonyl (C=O) groups is 1. The second kappa shape index (κ2) is 10.5. The maximum Gasteiger partial charge on any atom is 0.280 e. The van der Waals surface area contributed by atoms with Gasteiger partial charge in [0.15, 0.2) is 11.5 Å². The van der Waals surface area contributed by atoms with Crippen LogP contribution in [0.15, 0.2) is 72.3 Å². The number of nitrogens with one attached hydrogen (secondary N) is 1. The van der Waals surface area contributed by atoms with Crippen LogP contribution in [0.1, 0.15) is 11.1 Å². The molecule has 1 amide bonds. The molecule has 0 radical (unpaired) electrons. The number of carbonyl (C=O) groups excluding carboxylic acids is 1. The number of anilines is 1. The second-order valence-electron chi connectivity index (χ2n) is 6.70. The third-order valence-corrected chi connectivity index (χ3v) is 4.53. The molecular formula is C24H18FN3O5. The fourth-order valence-corrected chi connectivity index (χ4v) is 2.90. The highest BCUT2D eigenvalue weighted by Crippen LogP contribution is 2.36. The third kappa shape index (κ3) is 5.71. The Morgan fingerprint density at radius 2 is 1.85 bits per heavy atom. The van der Waals surface area contributed by atoms with Crippen LogP contribution in [0.3, 0.4) is 0 Å². The standard InChI is InChI=1S/C24H18FN3O5/c1-32-22-12-17(11-18(14-26)24(29)27-20-10-6-5-9-19(20)25)21(28(30)31)13-23(22)33-15-16-7-3-2-4-8-16/h2-13H,15H2,1H3,(H,27,29)/b18-11-. The van der Waals surface area contributed by atoms with E-state index in [1.54, 1.807) is 6.07 Å². The summed E-state index contributed by atoms with van der Waals surface area (Å²) < 4.78 is 24.8. The van der Waals surface area contributed by atoms with Gasteiger partial charge in [0, 0.05) is 0 Å². The van der Waals surface area contributed by atoms with Gasteiger partial charge in [0.1, 0.15) is 24.1 Å². The molecule has 8 nitrogen and oxygen atoms in total. The Morgan fingerprint density at radius 3 is 2.48 bits per heavy atom. The van der Waals surface area contributed by atoms with Crippen molar-refractivity contribution in [1.29, 1.82) is 5.26 Å². The number of nitro benzene ring substituents is 1. The molecule has 3 aromatic rings. The number of nitrogens with zero attached hydrogens (tertiary/aromatic N) is 2. The van der Waals surface area contributed by atoms with Crippen molar-refractivity contribution in [3.8, 4) is 17.6 Å². The molecule has 0 spiro atoms. The molecule has 0 aliphatic carbocycles. The number of ether oxygens (including phenoxy) is 2. The van der Waals surface area contributed by atoms with E-state index in [1.165, 1.54) is 31.4 Å². The lowest BCUT2D eigenvalue weighted by Gasteiger charge is -2.12. The molecule has 0 saturated heterocycles. The molecule has 0 aliphatic heterocycles. The van der Waals surface area contributed by atoms with E-state index in [2.05, 4.69) is 5.32 Å². The van der Waals surface area contributed by atoms with E-state index in [0.29, 0.717) is 0 Å². The molecule has 0 heterocycles. The molecule has 0 saturated carbocycles. The number of nitriles is 1. The van der Waals surface area contributed by atoms with E-state index in [1.807, 2.05) is 30.3 Å². The monoisotopic (exact) mass is 447 g/mol. The highest BCUT2D eigenvalue weighted by molar-refractivity contribution is 6.10. The lowest BCUT2D eigenvalue weighted by Crippen LogP contribution is -2.14. The van der Waals surface area contributed by atoms with Crippen molar-refractivity contribution in [3.63, 3.8) is 0 Å². The van der Waals surface area contributed by atoms with E-state index in [4.69, 9.17) is 9.47 Å². The summed E-state index contributed by atoms with van der Waals surface area (Å²) in [7, 11) is 1.36. The minimum absolute atomic E-state index is 0.0517. The third-order valence-electron chi connectivity index (χ3n) is 4.53. The van der Waals surface area contributed by atoms with Crippen molar-refractivity contribution in [2.75, 3.05) is 12.4 Å². The van der Waals surface area contributed by atoms with Gasteiger partial charge in [0.05, 0.1) is 29.4 Å². The first-order valence-corrected chi connectivity index (χ1v) is 9.63. The van der Waals surface area contributed by atoms with Gasteiger partial charge in [0.25, 0.3) is 11.6 Å². The van der Waals surface area contributed by atoms with E-state index in [9.17, 15) is 24.6 Å². The van der Waals surface area contributed by atoms with Gasteiger partial charge >= 0.3 is 0 Å². The van der Waals surface area contributed by atoms with Gasteiger partial charge in [-0.05, 0) is 29.8 Å². The van der Waals surface area contributed by atoms with Crippen LogP contribution < -0.4 is 14.8 Å². The van der Waals surface area contributed by atoms with Crippen molar-refractivity contribution < 1.29 is 23.6 Å². The first-order valence-electron chi connectivity index (χ1n) is 9.63. The van der Waals surface area contributed by atoms with Crippen LogP contribution in [-0.4, -0.2) is 17.9 Å². The van der Waals surface area contributed by atoms with E-state index < -0.39 is 27.9 Å². The lowest BCUT2D eigenvalue weighted by atomic mass is 10.1.